The number of urea groups is 1. The zero-order valence-corrected chi connectivity index (χ0v) is 18.5. The largest absolute Gasteiger partial charge is 0.383 e. The summed E-state index contributed by atoms with van der Waals surface area (Å²) in [5.41, 5.74) is 5.19. The van der Waals surface area contributed by atoms with Crippen LogP contribution in [0.4, 0.5) is 4.79 Å². The van der Waals surface area contributed by atoms with Gasteiger partial charge in [0.1, 0.15) is 0 Å². The number of rotatable bonds is 5. The fourth-order valence-electron chi connectivity index (χ4n) is 4.42. The molecule has 1 aromatic rings. The summed E-state index contributed by atoms with van der Waals surface area (Å²) in [4.78, 5) is 38.5. The minimum atomic E-state index is -0.546. The number of amides is 3. The van der Waals surface area contributed by atoms with E-state index >= 15 is 0 Å². The zero-order valence-electron chi connectivity index (χ0n) is 18.5. The number of nitrogens with zero attached hydrogens (tertiary/aromatic N) is 5. The number of imide groups is 1. The molecule has 3 aliphatic rings. The summed E-state index contributed by atoms with van der Waals surface area (Å²) in [5.74, 6) is 0.516. The first-order valence-corrected chi connectivity index (χ1v) is 10.2. The van der Waals surface area contributed by atoms with Crippen molar-refractivity contribution in [2.75, 3.05) is 27.3 Å². The average Bonchev–Trinajstić information content (AvgIpc) is 3.21. The lowest BCUT2D eigenvalue weighted by molar-refractivity contribution is -0.137. The van der Waals surface area contributed by atoms with Gasteiger partial charge in [0.25, 0.3) is 5.91 Å². The van der Waals surface area contributed by atoms with Crippen LogP contribution in [0.2, 0.25) is 0 Å². The lowest BCUT2D eigenvalue weighted by Gasteiger charge is -2.41. The number of aliphatic imine (C=N–C) groups is 1. The van der Waals surface area contributed by atoms with Crippen molar-refractivity contribution in [3.05, 3.63) is 46.3 Å². The number of fused-ring (bicyclic) bond motifs is 3. The summed E-state index contributed by atoms with van der Waals surface area (Å²) < 4.78 is 5.24. The highest BCUT2D eigenvalue weighted by Crippen LogP contribution is 2.37. The molecular weight excluding hydrogens is 382 g/mol. The molecule has 3 heterocycles. The van der Waals surface area contributed by atoms with Gasteiger partial charge in [0, 0.05) is 32.1 Å². The summed E-state index contributed by atoms with van der Waals surface area (Å²) in [6, 6.07) is 5.24. The highest BCUT2D eigenvalue weighted by atomic mass is 16.5. The van der Waals surface area contributed by atoms with E-state index in [-0.39, 0.29) is 18.5 Å². The Morgan fingerprint density at radius 3 is 2.50 bits per heavy atom. The number of guanidine groups is 1. The molecule has 0 saturated carbocycles. The summed E-state index contributed by atoms with van der Waals surface area (Å²) >= 11 is 0. The van der Waals surface area contributed by atoms with E-state index in [4.69, 9.17) is 9.73 Å². The molecule has 0 N–H and O–H groups in total. The molecule has 2 atom stereocenters. The molecule has 2 unspecified atom stereocenters. The van der Waals surface area contributed by atoms with Crippen molar-refractivity contribution in [2.45, 2.75) is 46.4 Å². The van der Waals surface area contributed by atoms with Gasteiger partial charge in [-0.05, 0) is 38.8 Å². The van der Waals surface area contributed by atoms with Crippen molar-refractivity contribution in [1.82, 2.24) is 19.6 Å². The molecule has 8 nitrogen and oxygen atoms in total. The second-order valence-corrected chi connectivity index (χ2v) is 8.22. The third-order valence-corrected chi connectivity index (χ3v) is 6.36. The molecule has 1 aromatic carbocycles. The van der Waals surface area contributed by atoms with Crippen LogP contribution in [0.1, 0.15) is 30.5 Å². The van der Waals surface area contributed by atoms with E-state index in [0.717, 1.165) is 34.0 Å². The smallest absolute Gasteiger partial charge is 0.328 e. The molecule has 0 spiro atoms. The lowest BCUT2D eigenvalue weighted by atomic mass is 10.0. The first-order chi connectivity index (χ1) is 14.3. The van der Waals surface area contributed by atoms with Crippen LogP contribution in [0.5, 0.6) is 0 Å². The van der Waals surface area contributed by atoms with Crippen molar-refractivity contribution in [3.63, 3.8) is 0 Å². The van der Waals surface area contributed by atoms with Crippen LogP contribution in [-0.2, 0) is 16.1 Å². The van der Waals surface area contributed by atoms with Gasteiger partial charge >= 0.3 is 6.03 Å². The van der Waals surface area contributed by atoms with Gasteiger partial charge in [-0.25, -0.2) is 9.79 Å². The molecule has 3 aliphatic heterocycles. The van der Waals surface area contributed by atoms with E-state index in [9.17, 15) is 9.59 Å². The number of methoxy groups -OCH3 is 1. The van der Waals surface area contributed by atoms with Crippen molar-refractivity contribution < 1.29 is 14.3 Å². The van der Waals surface area contributed by atoms with Crippen LogP contribution in [0.3, 0.4) is 0 Å². The minimum Gasteiger partial charge on any atom is -0.383 e. The molecule has 0 radical (unpaired) electrons. The van der Waals surface area contributed by atoms with Gasteiger partial charge in [0.05, 0.1) is 13.2 Å². The lowest BCUT2D eigenvalue weighted by Crippen LogP contribution is -2.64. The quantitative estimate of drug-likeness (QED) is 0.744. The highest BCUT2D eigenvalue weighted by Gasteiger charge is 2.55. The predicted octanol–water partition coefficient (Wildman–Crippen LogP) is 2.28. The van der Waals surface area contributed by atoms with Gasteiger partial charge in [-0.1, -0.05) is 23.8 Å². The molecule has 0 aromatic heterocycles. The van der Waals surface area contributed by atoms with Gasteiger partial charge in [-0.2, -0.15) is 0 Å². The molecular formula is C22H29N5O3. The standard InChI is InChI=1S/C22H29N5O3/c1-13-7-8-14(2)17(11-13)12-26-20(28)18-19(24(5)22(26)29)23-21-25(9-10-30-6)15(3)16(4)27(18)21/h7-8,11,18-19H,9-10,12H2,1-6H3. The van der Waals surface area contributed by atoms with Gasteiger partial charge in [0.2, 0.25) is 5.96 Å². The fraction of sp³-hybridized carbons (Fsp3) is 0.500. The normalized spacial score (nSPS) is 23.5. The van der Waals surface area contributed by atoms with E-state index in [2.05, 4.69) is 4.90 Å². The maximum Gasteiger partial charge on any atom is 0.328 e. The van der Waals surface area contributed by atoms with Crippen molar-refractivity contribution in [3.8, 4) is 0 Å². The maximum atomic E-state index is 13.6. The Morgan fingerprint density at radius 2 is 1.80 bits per heavy atom. The summed E-state index contributed by atoms with van der Waals surface area (Å²) in [6.45, 7) is 9.49. The predicted molar refractivity (Wildman–Crippen MR) is 113 cm³/mol. The van der Waals surface area contributed by atoms with Gasteiger partial charge in [-0.15, -0.1) is 0 Å². The van der Waals surface area contributed by atoms with E-state index in [1.54, 1.807) is 19.1 Å². The molecule has 1 fully saturated rings. The number of carbonyl (C=O) groups excluding carboxylic acids is 2. The molecule has 4 rings (SSSR count). The van der Waals surface area contributed by atoms with Gasteiger partial charge < -0.3 is 14.5 Å². The fourth-order valence-corrected chi connectivity index (χ4v) is 4.42. The highest BCUT2D eigenvalue weighted by molar-refractivity contribution is 6.05. The van der Waals surface area contributed by atoms with Crippen LogP contribution in [0.25, 0.3) is 0 Å². The van der Waals surface area contributed by atoms with Crippen LogP contribution >= 0.6 is 0 Å². The van der Waals surface area contributed by atoms with E-state index in [0.29, 0.717) is 13.2 Å². The minimum absolute atomic E-state index is 0.205. The number of ether oxygens (including phenoxy) is 1. The van der Waals surface area contributed by atoms with Crippen LogP contribution in [0, 0.1) is 13.8 Å². The first kappa shape index (κ1) is 20.4. The third-order valence-electron chi connectivity index (χ3n) is 6.36. The van der Waals surface area contributed by atoms with Crippen molar-refractivity contribution in [1.29, 1.82) is 0 Å². The molecule has 30 heavy (non-hydrogen) atoms. The zero-order chi connectivity index (χ0) is 21.7. The summed E-state index contributed by atoms with van der Waals surface area (Å²) in [6.07, 6.45) is -0.525. The Labute approximate surface area is 177 Å². The molecule has 160 valence electrons. The second kappa shape index (κ2) is 7.43. The maximum absolute atomic E-state index is 13.6. The number of likely N-dealkylation sites (N-methyl/N-ethyl adjacent to an activating group) is 1. The summed E-state index contributed by atoms with van der Waals surface area (Å²) in [7, 11) is 3.39. The number of allylic oxidation sites excluding steroid dienone is 2. The SMILES string of the molecule is COCCN1C2=NC3C(C(=O)N(Cc4cc(C)ccc4C)C(=O)N3C)N2C(C)=C1C. The third kappa shape index (κ3) is 2.98. The summed E-state index contributed by atoms with van der Waals surface area (Å²) in [5, 5.41) is 0. The molecule has 3 amide bonds. The Bertz CT molecular complexity index is 970. The monoisotopic (exact) mass is 411 g/mol. The topological polar surface area (TPSA) is 68.7 Å². The van der Waals surface area contributed by atoms with Gasteiger partial charge in [0.15, 0.2) is 12.2 Å². The van der Waals surface area contributed by atoms with E-state index in [1.807, 2.05) is 50.8 Å². The number of benzene rings is 1. The molecule has 0 bridgehead atoms. The number of hydrogen-bond donors (Lipinski definition) is 0. The molecule has 8 heteroatoms. The Kier molecular flexibility index (Phi) is 5.05. The van der Waals surface area contributed by atoms with E-state index < -0.39 is 12.2 Å². The number of carbonyl (C=O) groups is 2. The second-order valence-electron chi connectivity index (χ2n) is 8.22. The van der Waals surface area contributed by atoms with Crippen LogP contribution in [0.15, 0.2) is 34.6 Å². The van der Waals surface area contributed by atoms with E-state index in [1.165, 1.54) is 4.90 Å². The van der Waals surface area contributed by atoms with Crippen molar-refractivity contribution >= 4 is 17.9 Å². The number of aryl methyl sites for hydroxylation is 2. The molecule has 0 aliphatic carbocycles. The van der Waals surface area contributed by atoms with Crippen molar-refractivity contribution in [2.24, 2.45) is 4.99 Å². The molecule has 1 saturated heterocycles. The Morgan fingerprint density at radius 1 is 1.07 bits per heavy atom. The van der Waals surface area contributed by atoms with Gasteiger partial charge in [-0.3, -0.25) is 14.6 Å². The van der Waals surface area contributed by atoms with Crippen LogP contribution < -0.4 is 0 Å². The number of hydrogen-bond acceptors (Lipinski definition) is 6. The average molecular weight is 412 g/mol. The van der Waals surface area contributed by atoms with Crippen LogP contribution in [-0.4, -0.2) is 77.0 Å². The Hall–Kier alpha value is -2.87. The Balaban J connectivity index is 1.67. The first-order valence-electron chi connectivity index (χ1n) is 10.2.